The summed E-state index contributed by atoms with van der Waals surface area (Å²) in [6, 6.07) is -0.558. The van der Waals surface area contributed by atoms with Crippen molar-refractivity contribution < 1.29 is 24.3 Å². The predicted octanol–water partition coefficient (Wildman–Crippen LogP) is -0.360. The van der Waals surface area contributed by atoms with Gasteiger partial charge in [0.05, 0.1) is 0 Å². The second-order valence-corrected chi connectivity index (χ2v) is 5.05. The van der Waals surface area contributed by atoms with Crippen LogP contribution in [0.4, 0.5) is 4.79 Å². The Labute approximate surface area is 116 Å². The van der Waals surface area contributed by atoms with Crippen LogP contribution in [0.5, 0.6) is 0 Å². The fraction of sp³-hybridized carbons (Fsp3) is 0.667. The number of aliphatic carboxylic acids is 1. The molecule has 1 fully saturated rings. The van der Waals surface area contributed by atoms with Crippen molar-refractivity contribution in [3.8, 4) is 0 Å². The highest BCUT2D eigenvalue weighted by atomic mass is 16.4. The molecule has 1 heterocycles. The van der Waals surface area contributed by atoms with Crippen molar-refractivity contribution in [1.29, 1.82) is 0 Å². The summed E-state index contributed by atoms with van der Waals surface area (Å²) in [6.45, 7) is 2.66. The quantitative estimate of drug-likeness (QED) is 0.648. The van der Waals surface area contributed by atoms with E-state index in [1.807, 2.05) is 0 Å². The first kappa shape index (κ1) is 15.9. The highest BCUT2D eigenvalue weighted by molar-refractivity contribution is 6.04. The minimum Gasteiger partial charge on any atom is -0.480 e. The largest absolute Gasteiger partial charge is 0.480 e. The Morgan fingerprint density at radius 1 is 1.40 bits per heavy atom. The van der Waals surface area contributed by atoms with Crippen LogP contribution in [0.1, 0.15) is 26.7 Å². The molecule has 1 atom stereocenters. The summed E-state index contributed by atoms with van der Waals surface area (Å²) in [5, 5.41) is 11.5. The molecule has 1 rings (SSSR count). The van der Waals surface area contributed by atoms with Crippen molar-refractivity contribution in [1.82, 2.24) is 15.1 Å². The van der Waals surface area contributed by atoms with Gasteiger partial charge in [-0.1, -0.05) is 13.3 Å². The van der Waals surface area contributed by atoms with Crippen LogP contribution in [0, 0.1) is 0 Å². The maximum Gasteiger partial charge on any atom is 0.329 e. The first-order chi connectivity index (χ1) is 9.21. The first-order valence-electron chi connectivity index (χ1n) is 6.31. The van der Waals surface area contributed by atoms with E-state index in [4.69, 9.17) is 5.11 Å². The highest BCUT2D eigenvalue weighted by Crippen LogP contribution is 2.13. The maximum atomic E-state index is 11.9. The van der Waals surface area contributed by atoms with Gasteiger partial charge >= 0.3 is 12.0 Å². The molecule has 1 unspecified atom stereocenters. The SMILES string of the molecule is CCCC(C)(NC(=O)CN1C(=O)CN(C)C1=O)C(=O)O. The summed E-state index contributed by atoms with van der Waals surface area (Å²) in [5.41, 5.74) is -1.40. The van der Waals surface area contributed by atoms with Gasteiger partial charge in [-0.25, -0.2) is 9.59 Å². The predicted molar refractivity (Wildman–Crippen MR) is 68.8 cm³/mol. The lowest BCUT2D eigenvalue weighted by molar-refractivity contribution is -0.147. The molecule has 0 radical (unpaired) electrons. The Bertz CT molecular complexity index is 450. The normalized spacial score (nSPS) is 18.1. The summed E-state index contributed by atoms with van der Waals surface area (Å²) in [5.74, 6) is -2.29. The molecule has 0 bridgehead atoms. The second kappa shape index (κ2) is 5.89. The van der Waals surface area contributed by atoms with Crippen molar-refractivity contribution in [2.24, 2.45) is 0 Å². The van der Waals surface area contributed by atoms with Crippen LogP contribution in [-0.2, 0) is 14.4 Å². The number of likely N-dealkylation sites (N-methyl/N-ethyl adjacent to an activating group) is 1. The second-order valence-electron chi connectivity index (χ2n) is 5.05. The number of nitrogens with zero attached hydrogens (tertiary/aromatic N) is 2. The molecule has 0 spiro atoms. The number of nitrogens with one attached hydrogen (secondary N) is 1. The zero-order chi connectivity index (χ0) is 15.5. The molecule has 0 aromatic carbocycles. The van der Waals surface area contributed by atoms with Gasteiger partial charge in [0.1, 0.15) is 18.6 Å². The van der Waals surface area contributed by atoms with Gasteiger partial charge in [0, 0.05) is 7.05 Å². The topological polar surface area (TPSA) is 107 Å². The van der Waals surface area contributed by atoms with Crippen LogP contribution < -0.4 is 5.32 Å². The number of carboxylic acids is 1. The lowest BCUT2D eigenvalue weighted by atomic mass is 9.96. The number of carbonyl (C=O) groups excluding carboxylic acids is 3. The number of carboxylic acid groups (broad SMARTS) is 1. The van der Waals surface area contributed by atoms with Crippen molar-refractivity contribution in [2.75, 3.05) is 20.1 Å². The fourth-order valence-electron chi connectivity index (χ4n) is 2.04. The summed E-state index contributed by atoms with van der Waals surface area (Å²) in [4.78, 5) is 48.2. The van der Waals surface area contributed by atoms with E-state index in [-0.39, 0.29) is 13.0 Å². The molecule has 8 nitrogen and oxygen atoms in total. The molecule has 0 aromatic heterocycles. The monoisotopic (exact) mass is 285 g/mol. The number of hydrogen-bond donors (Lipinski definition) is 2. The van der Waals surface area contributed by atoms with Gasteiger partial charge in [-0.3, -0.25) is 14.5 Å². The molecule has 8 heteroatoms. The molecule has 0 aliphatic carbocycles. The zero-order valence-electron chi connectivity index (χ0n) is 11.8. The van der Waals surface area contributed by atoms with E-state index >= 15 is 0 Å². The van der Waals surface area contributed by atoms with Gasteiger partial charge in [-0.2, -0.15) is 0 Å². The van der Waals surface area contributed by atoms with Crippen LogP contribution in [0.15, 0.2) is 0 Å². The summed E-state index contributed by atoms with van der Waals surface area (Å²) >= 11 is 0. The van der Waals surface area contributed by atoms with Gasteiger partial charge in [-0.05, 0) is 13.3 Å². The highest BCUT2D eigenvalue weighted by Gasteiger charge is 2.38. The van der Waals surface area contributed by atoms with E-state index in [2.05, 4.69) is 5.32 Å². The lowest BCUT2D eigenvalue weighted by Gasteiger charge is -2.26. The van der Waals surface area contributed by atoms with E-state index in [0.717, 1.165) is 4.90 Å². The van der Waals surface area contributed by atoms with Crippen LogP contribution >= 0.6 is 0 Å². The molecule has 1 aliphatic rings. The number of rotatable bonds is 6. The van der Waals surface area contributed by atoms with Gasteiger partial charge in [-0.15, -0.1) is 0 Å². The molecule has 1 saturated heterocycles. The van der Waals surface area contributed by atoms with Crippen LogP contribution in [0.3, 0.4) is 0 Å². The van der Waals surface area contributed by atoms with E-state index in [1.54, 1.807) is 6.92 Å². The number of amides is 4. The van der Waals surface area contributed by atoms with Gasteiger partial charge in [0.2, 0.25) is 5.91 Å². The van der Waals surface area contributed by atoms with Crippen molar-refractivity contribution in [3.05, 3.63) is 0 Å². The molecule has 2 N–H and O–H groups in total. The molecule has 112 valence electrons. The first-order valence-corrected chi connectivity index (χ1v) is 6.31. The Kier molecular flexibility index (Phi) is 4.69. The molecular weight excluding hydrogens is 266 g/mol. The van der Waals surface area contributed by atoms with Gasteiger partial charge in [0.15, 0.2) is 0 Å². The smallest absolute Gasteiger partial charge is 0.329 e. The van der Waals surface area contributed by atoms with Gasteiger partial charge < -0.3 is 15.3 Å². The molecule has 1 aliphatic heterocycles. The minimum atomic E-state index is -1.40. The van der Waals surface area contributed by atoms with Crippen LogP contribution in [0.25, 0.3) is 0 Å². The Morgan fingerprint density at radius 3 is 2.40 bits per heavy atom. The minimum absolute atomic E-state index is 0.0722. The zero-order valence-corrected chi connectivity index (χ0v) is 11.8. The van der Waals surface area contributed by atoms with Crippen molar-refractivity contribution >= 4 is 23.8 Å². The van der Waals surface area contributed by atoms with Crippen molar-refractivity contribution in [2.45, 2.75) is 32.2 Å². The average molecular weight is 285 g/mol. The summed E-state index contributed by atoms with van der Waals surface area (Å²) in [7, 11) is 1.45. The summed E-state index contributed by atoms with van der Waals surface area (Å²) in [6.07, 6.45) is 0.837. The maximum absolute atomic E-state index is 11.9. The molecule has 0 saturated carbocycles. The van der Waals surface area contributed by atoms with Crippen LogP contribution in [-0.4, -0.2) is 64.4 Å². The average Bonchev–Trinajstić information content (AvgIpc) is 2.56. The molecule has 20 heavy (non-hydrogen) atoms. The van der Waals surface area contributed by atoms with Crippen LogP contribution in [0.2, 0.25) is 0 Å². The van der Waals surface area contributed by atoms with E-state index in [1.165, 1.54) is 18.9 Å². The van der Waals surface area contributed by atoms with E-state index in [9.17, 15) is 19.2 Å². The third kappa shape index (κ3) is 3.25. The van der Waals surface area contributed by atoms with E-state index < -0.39 is 35.9 Å². The third-order valence-electron chi connectivity index (χ3n) is 3.17. The molecule has 4 amide bonds. The Balaban J connectivity index is 2.70. The number of hydrogen-bond acceptors (Lipinski definition) is 4. The van der Waals surface area contributed by atoms with Crippen molar-refractivity contribution in [3.63, 3.8) is 0 Å². The number of imide groups is 1. The standard InChI is InChI=1S/C12H19N3O5/c1-4-5-12(2,10(18)19)13-8(16)6-15-9(17)7-14(3)11(15)20/h4-7H2,1-3H3,(H,13,16)(H,18,19). The number of carbonyl (C=O) groups is 4. The molecule has 0 aromatic rings. The number of urea groups is 1. The Hall–Kier alpha value is -2.12. The Morgan fingerprint density at radius 2 is 2.00 bits per heavy atom. The fourth-order valence-corrected chi connectivity index (χ4v) is 2.04. The molecular formula is C12H19N3O5. The van der Waals surface area contributed by atoms with Gasteiger partial charge in [0.25, 0.3) is 5.91 Å². The summed E-state index contributed by atoms with van der Waals surface area (Å²) < 4.78 is 0. The van der Waals surface area contributed by atoms with E-state index in [0.29, 0.717) is 6.42 Å². The third-order valence-corrected chi connectivity index (χ3v) is 3.17. The lowest BCUT2D eigenvalue weighted by Crippen LogP contribution is -2.55.